The summed E-state index contributed by atoms with van der Waals surface area (Å²) in [4.78, 5) is 0. The first-order valence-electron chi connectivity index (χ1n) is 6.50. The first-order valence-corrected chi connectivity index (χ1v) is 8.32. The van der Waals surface area contributed by atoms with Gasteiger partial charge < -0.3 is 5.32 Å². The van der Waals surface area contributed by atoms with Crippen LogP contribution in [0.3, 0.4) is 0 Å². The SMILES string of the molecule is CCS(=O)(=O)CCNCc1cccc2ccccc12. The molecule has 0 aliphatic rings. The van der Waals surface area contributed by atoms with Gasteiger partial charge in [-0.3, -0.25) is 0 Å². The molecule has 102 valence electrons. The lowest BCUT2D eigenvalue weighted by Gasteiger charge is -2.08. The van der Waals surface area contributed by atoms with Crippen molar-refractivity contribution in [2.24, 2.45) is 0 Å². The number of hydrogen-bond donors (Lipinski definition) is 1. The second-order valence-electron chi connectivity index (χ2n) is 4.55. The van der Waals surface area contributed by atoms with E-state index < -0.39 is 9.84 Å². The van der Waals surface area contributed by atoms with Gasteiger partial charge in [0.15, 0.2) is 9.84 Å². The van der Waals surface area contributed by atoms with E-state index in [0.717, 1.165) is 0 Å². The van der Waals surface area contributed by atoms with Crippen molar-refractivity contribution >= 4 is 20.6 Å². The highest BCUT2D eigenvalue weighted by molar-refractivity contribution is 7.91. The van der Waals surface area contributed by atoms with Crippen molar-refractivity contribution in [3.63, 3.8) is 0 Å². The number of benzene rings is 2. The van der Waals surface area contributed by atoms with Crippen molar-refractivity contribution in [3.8, 4) is 0 Å². The van der Waals surface area contributed by atoms with Gasteiger partial charge in [-0.05, 0) is 16.3 Å². The maximum absolute atomic E-state index is 11.4. The average Bonchev–Trinajstić information content (AvgIpc) is 2.44. The van der Waals surface area contributed by atoms with E-state index >= 15 is 0 Å². The Bertz CT molecular complexity index is 645. The summed E-state index contributed by atoms with van der Waals surface area (Å²) in [7, 11) is -2.88. The Balaban J connectivity index is 1.99. The Morgan fingerprint density at radius 3 is 2.58 bits per heavy atom. The van der Waals surface area contributed by atoms with Gasteiger partial charge in [-0.25, -0.2) is 8.42 Å². The average molecular weight is 277 g/mol. The van der Waals surface area contributed by atoms with Crippen LogP contribution in [0.1, 0.15) is 12.5 Å². The second kappa shape index (κ2) is 6.17. The van der Waals surface area contributed by atoms with Gasteiger partial charge in [0.25, 0.3) is 0 Å². The van der Waals surface area contributed by atoms with Crippen molar-refractivity contribution < 1.29 is 8.42 Å². The molecule has 4 heteroatoms. The zero-order valence-electron chi connectivity index (χ0n) is 11.1. The molecule has 0 aromatic heterocycles. The largest absolute Gasteiger partial charge is 0.312 e. The van der Waals surface area contributed by atoms with Gasteiger partial charge in [0.2, 0.25) is 0 Å². The van der Waals surface area contributed by atoms with Gasteiger partial charge in [-0.1, -0.05) is 49.4 Å². The first kappa shape index (κ1) is 14.0. The maximum Gasteiger partial charge on any atom is 0.151 e. The van der Waals surface area contributed by atoms with Gasteiger partial charge >= 0.3 is 0 Å². The van der Waals surface area contributed by atoms with E-state index in [1.54, 1.807) is 6.92 Å². The van der Waals surface area contributed by atoms with E-state index in [4.69, 9.17) is 0 Å². The highest BCUT2D eigenvalue weighted by Gasteiger charge is 2.06. The predicted octanol–water partition coefficient (Wildman–Crippen LogP) is 2.36. The topological polar surface area (TPSA) is 46.2 Å². The molecule has 3 nitrogen and oxygen atoms in total. The van der Waals surface area contributed by atoms with Gasteiger partial charge in [0, 0.05) is 18.8 Å². The maximum atomic E-state index is 11.4. The van der Waals surface area contributed by atoms with Crippen LogP contribution < -0.4 is 5.32 Å². The van der Waals surface area contributed by atoms with Crippen molar-refractivity contribution in [1.82, 2.24) is 5.32 Å². The number of rotatable bonds is 6. The van der Waals surface area contributed by atoms with Crippen LogP contribution in [0.15, 0.2) is 42.5 Å². The zero-order chi connectivity index (χ0) is 13.7. The quantitative estimate of drug-likeness (QED) is 0.825. The highest BCUT2D eigenvalue weighted by Crippen LogP contribution is 2.17. The molecule has 0 heterocycles. The van der Waals surface area contributed by atoms with E-state index in [9.17, 15) is 8.42 Å². The molecule has 0 spiro atoms. The standard InChI is InChI=1S/C15H19NO2S/c1-2-19(17,18)11-10-16-12-14-8-5-7-13-6-3-4-9-15(13)14/h3-9,16H,2,10-12H2,1H3. The van der Waals surface area contributed by atoms with Crippen LogP contribution in [0.25, 0.3) is 10.8 Å². The van der Waals surface area contributed by atoms with E-state index in [1.165, 1.54) is 16.3 Å². The summed E-state index contributed by atoms with van der Waals surface area (Å²) in [5.74, 6) is 0.414. The lowest BCUT2D eigenvalue weighted by molar-refractivity contribution is 0.592. The van der Waals surface area contributed by atoms with Crippen LogP contribution in [-0.2, 0) is 16.4 Å². The molecule has 0 saturated carbocycles. The van der Waals surface area contributed by atoms with Crippen LogP contribution in [0.4, 0.5) is 0 Å². The van der Waals surface area contributed by atoms with Crippen LogP contribution in [-0.4, -0.2) is 26.5 Å². The molecule has 0 saturated heterocycles. The molecule has 0 bridgehead atoms. The molecule has 0 unspecified atom stereocenters. The third-order valence-corrected chi connectivity index (χ3v) is 4.93. The normalized spacial score (nSPS) is 11.8. The minimum absolute atomic E-state index is 0.203. The van der Waals surface area contributed by atoms with Gasteiger partial charge in [0.05, 0.1) is 5.75 Å². The first-order chi connectivity index (χ1) is 9.12. The van der Waals surface area contributed by atoms with Crippen LogP contribution in [0, 0.1) is 0 Å². The minimum Gasteiger partial charge on any atom is -0.312 e. The van der Waals surface area contributed by atoms with Crippen LogP contribution in [0.2, 0.25) is 0 Å². The molecule has 0 aliphatic heterocycles. The number of nitrogens with one attached hydrogen (secondary N) is 1. The Morgan fingerprint density at radius 2 is 1.79 bits per heavy atom. The van der Waals surface area contributed by atoms with Crippen molar-refractivity contribution in [2.75, 3.05) is 18.1 Å². The minimum atomic E-state index is -2.88. The molecule has 19 heavy (non-hydrogen) atoms. The Hall–Kier alpha value is -1.39. The molecular weight excluding hydrogens is 258 g/mol. The van der Waals surface area contributed by atoms with Gasteiger partial charge in [-0.15, -0.1) is 0 Å². The lowest BCUT2D eigenvalue weighted by Crippen LogP contribution is -2.23. The van der Waals surface area contributed by atoms with E-state index in [0.29, 0.717) is 13.1 Å². The lowest BCUT2D eigenvalue weighted by atomic mass is 10.0. The summed E-state index contributed by atoms with van der Waals surface area (Å²) in [5.41, 5.74) is 1.20. The second-order valence-corrected chi connectivity index (χ2v) is 7.02. The van der Waals surface area contributed by atoms with Gasteiger partial charge in [0.1, 0.15) is 0 Å². The number of hydrogen-bond acceptors (Lipinski definition) is 3. The molecule has 0 aliphatic carbocycles. The Kier molecular flexibility index (Phi) is 4.56. The third-order valence-electron chi connectivity index (χ3n) is 3.23. The molecular formula is C15H19NO2S. The number of fused-ring (bicyclic) bond motifs is 1. The molecule has 0 atom stereocenters. The Morgan fingerprint density at radius 1 is 1.05 bits per heavy atom. The third kappa shape index (κ3) is 3.78. The van der Waals surface area contributed by atoms with E-state index in [1.807, 2.05) is 18.2 Å². The van der Waals surface area contributed by atoms with E-state index in [-0.39, 0.29) is 11.5 Å². The summed E-state index contributed by atoms with van der Waals surface area (Å²) >= 11 is 0. The fourth-order valence-corrected chi connectivity index (χ4v) is 2.79. The summed E-state index contributed by atoms with van der Waals surface area (Å²) in [6.45, 7) is 2.88. The zero-order valence-corrected chi connectivity index (χ0v) is 11.9. The summed E-state index contributed by atoms with van der Waals surface area (Å²) in [6.07, 6.45) is 0. The van der Waals surface area contributed by atoms with Crippen molar-refractivity contribution in [3.05, 3.63) is 48.0 Å². The molecule has 2 aromatic carbocycles. The monoisotopic (exact) mass is 277 g/mol. The predicted molar refractivity (Wildman–Crippen MR) is 80.0 cm³/mol. The molecule has 0 fully saturated rings. The summed E-state index contributed by atoms with van der Waals surface area (Å²) in [6, 6.07) is 14.4. The van der Waals surface area contributed by atoms with E-state index in [2.05, 4.69) is 29.6 Å². The Labute approximate surface area is 114 Å². The molecule has 2 rings (SSSR count). The molecule has 0 radical (unpaired) electrons. The summed E-state index contributed by atoms with van der Waals surface area (Å²) < 4.78 is 22.8. The fraction of sp³-hybridized carbons (Fsp3) is 0.333. The number of sulfone groups is 1. The van der Waals surface area contributed by atoms with Gasteiger partial charge in [-0.2, -0.15) is 0 Å². The van der Waals surface area contributed by atoms with Crippen LogP contribution in [0.5, 0.6) is 0 Å². The molecule has 0 amide bonds. The highest BCUT2D eigenvalue weighted by atomic mass is 32.2. The molecule has 2 aromatic rings. The van der Waals surface area contributed by atoms with Crippen LogP contribution >= 0.6 is 0 Å². The molecule has 1 N–H and O–H groups in total. The summed E-state index contributed by atoms with van der Waals surface area (Å²) in [5, 5.41) is 5.63. The van der Waals surface area contributed by atoms with Crippen molar-refractivity contribution in [1.29, 1.82) is 0 Å². The van der Waals surface area contributed by atoms with Crippen molar-refractivity contribution in [2.45, 2.75) is 13.5 Å². The smallest absolute Gasteiger partial charge is 0.151 e. The fourth-order valence-electron chi connectivity index (χ4n) is 2.04.